The number of amides is 2. The number of carboxylic acids is 1. The number of hydrazone groups is 1. The van der Waals surface area contributed by atoms with E-state index in [2.05, 4.69) is 10.5 Å². The number of thiol groups is 1. The van der Waals surface area contributed by atoms with Gasteiger partial charge in [0.1, 0.15) is 4.75 Å². The number of rotatable bonds is 7. The second kappa shape index (κ2) is 7.65. The smallest absolute Gasteiger partial charge is 0.328 e. The van der Waals surface area contributed by atoms with Gasteiger partial charge in [-0.25, -0.2) is 18.6 Å². The number of carbonyl (C=O) groups excluding carboxylic acids is 2. The molecule has 2 rings (SSSR count). The van der Waals surface area contributed by atoms with E-state index in [0.717, 1.165) is 18.0 Å². The quantitative estimate of drug-likeness (QED) is 0.260. The normalized spacial score (nSPS) is 20.5. The minimum Gasteiger partial charge on any atom is -0.480 e. The van der Waals surface area contributed by atoms with E-state index < -0.39 is 45.3 Å². The molecule has 26 heavy (non-hydrogen) atoms. The number of benzene rings is 1. The molecular formula is C16H19N3O6S. The summed E-state index contributed by atoms with van der Waals surface area (Å²) in [6.07, 6.45) is 0.994. The van der Waals surface area contributed by atoms with Crippen LogP contribution in [0, 0.1) is 0 Å². The van der Waals surface area contributed by atoms with Crippen molar-refractivity contribution in [3.05, 3.63) is 35.9 Å². The fourth-order valence-corrected chi connectivity index (χ4v) is 3.32. The molecule has 1 heterocycles. The molecule has 0 bridgehead atoms. The maximum Gasteiger partial charge on any atom is 0.328 e. The first-order chi connectivity index (χ1) is 12.2. The zero-order chi connectivity index (χ0) is 19.5. The van der Waals surface area contributed by atoms with Gasteiger partial charge in [-0.2, -0.15) is 5.10 Å². The molecular weight excluding hydrogens is 362 g/mol. The lowest BCUT2D eigenvalue weighted by Gasteiger charge is -2.45. The van der Waals surface area contributed by atoms with Crippen molar-refractivity contribution >= 4 is 34.7 Å². The number of β-lactam (4-membered cyclic amide) rings is 1. The van der Waals surface area contributed by atoms with Crippen LogP contribution >= 0.6 is 0 Å². The second-order valence-electron chi connectivity index (χ2n) is 6.14. The van der Waals surface area contributed by atoms with Crippen LogP contribution in [0.5, 0.6) is 0 Å². The maximum atomic E-state index is 12.0. The first kappa shape index (κ1) is 19.6. The summed E-state index contributed by atoms with van der Waals surface area (Å²) in [6.45, 7) is 2.78. The lowest BCUT2D eigenvalue weighted by molar-refractivity contribution is -0.161. The van der Waals surface area contributed by atoms with Crippen LogP contribution in [-0.4, -0.2) is 59.3 Å². The van der Waals surface area contributed by atoms with Gasteiger partial charge in [0, 0.05) is 24.2 Å². The van der Waals surface area contributed by atoms with Crippen molar-refractivity contribution in [3.63, 3.8) is 0 Å². The molecule has 2 N–H and O–H groups in total. The molecule has 1 aromatic carbocycles. The van der Waals surface area contributed by atoms with Gasteiger partial charge < -0.3 is 10.0 Å². The van der Waals surface area contributed by atoms with Crippen molar-refractivity contribution in [2.75, 3.05) is 0 Å². The molecule has 2 amide bonds. The number of nitrogens with zero attached hydrogens (tertiary/aromatic N) is 2. The van der Waals surface area contributed by atoms with E-state index in [9.17, 15) is 27.9 Å². The topological polar surface area (TPSA) is 133 Å². The lowest BCUT2D eigenvalue weighted by Crippen LogP contribution is -2.66. The average Bonchev–Trinajstić information content (AvgIpc) is 2.59. The van der Waals surface area contributed by atoms with Crippen LogP contribution in [0.4, 0.5) is 0 Å². The molecule has 1 aromatic rings. The summed E-state index contributed by atoms with van der Waals surface area (Å²) in [7, 11) is -3.32. The van der Waals surface area contributed by atoms with Crippen LogP contribution < -0.4 is 5.43 Å². The monoisotopic (exact) mass is 381 g/mol. The largest absolute Gasteiger partial charge is 0.480 e. The van der Waals surface area contributed by atoms with Gasteiger partial charge in [-0.15, -0.1) is 0 Å². The van der Waals surface area contributed by atoms with Crippen LogP contribution in [0.1, 0.15) is 30.6 Å². The van der Waals surface area contributed by atoms with Gasteiger partial charge in [-0.1, -0.05) is 18.2 Å². The van der Waals surface area contributed by atoms with E-state index in [1.165, 1.54) is 0 Å². The molecule has 0 aliphatic carbocycles. The van der Waals surface area contributed by atoms with E-state index >= 15 is 0 Å². The van der Waals surface area contributed by atoms with Gasteiger partial charge in [0.05, 0.1) is 0 Å². The van der Waals surface area contributed by atoms with Gasteiger partial charge >= 0.3 is 5.97 Å². The third-order valence-corrected chi connectivity index (χ3v) is 5.37. The number of nitrogens with one attached hydrogen (secondary N) is 1. The zero-order valence-corrected chi connectivity index (χ0v) is 15.1. The fourth-order valence-electron chi connectivity index (χ4n) is 2.73. The van der Waals surface area contributed by atoms with Gasteiger partial charge in [0.15, 0.2) is 16.7 Å². The highest BCUT2D eigenvalue weighted by molar-refractivity contribution is 7.75. The van der Waals surface area contributed by atoms with Crippen LogP contribution in [0.3, 0.4) is 0 Å². The SMILES string of the molecule is C[C@@H]1CC(=O)N1[C@@H](C(=O)O)[C@](C)(/C=N/NC(=O)c1ccccc1)[SH](=O)=O. The standard InChI is InChI=1S/C16H19N3O6S/c1-10-8-12(20)19(10)13(15(22)23)16(2,26(24)25)9-17-18-14(21)11-6-4-3-5-7-11/h3-7,9-10,13,26H,8H2,1-2H3,(H,18,21)(H,22,23)/b17-9+/t10-,13+,16+/m1/s1. The van der Waals surface area contributed by atoms with Gasteiger partial charge in [0.25, 0.3) is 5.91 Å². The molecule has 9 nitrogen and oxygen atoms in total. The highest BCUT2D eigenvalue weighted by Crippen LogP contribution is 2.29. The molecule has 1 saturated heterocycles. The predicted molar refractivity (Wildman–Crippen MR) is 93.5 cm³/mol. The number of likely N-dealkylation sites (tertiary alicyclic amines) is 1. The van der Waals surface area contributed by atoms with E-state index in [0.29, 0.717) is 5.56 Å². The number of carbonyl (C=O) groups is 3. The van der Waals surface area contributed by atoms with Gasteiger partial charge in [-0.05, 0) is 26.0 Å². The molecule has 140 valence electrons. The van der Waals surface area contributed by atoms with Crippen molar-refractivity contribution in [2.45, 2.75) is 37.1 Å². The zero-order valence-electron chi connectivity index (χ0n) is 14.2. The third kappa shape index (κ3) is 3.74. The molecule has 1 fully saturated rings. The van der Waals surface area contributed by atoms with Crippen LogP contribution in [0.15, 0.2) is 35.4 Å². The van der Waals surface area contributed by atoms with E-state index in [1.54, 1.807) is 37.3 Å². The summed E-state index contributed by atoms with van der Waals surface area (Å²) in [5, 5.41) is 13.1. The molecule has 0 unspecified atom stereocenters. The van der Waals surface area contributed by atoms with Crippen molar-refractivity contribution < 1.29 is 27.9 Å². The molecule has 1 aliphatic rings. The van der Waals surface area contributed by atoms with Crippen molar-refractivity contribution in [1.82, 2.24) is 10.3 Å². The Bertz CT molecular complexity index is 815. The fraction of sp³-hybridized carbons (Fsp3) is 0.375. The second-order valence-corrected chi connectivity index (χ2v) is 7.62. The third-order valence-electron chi connectivity index (χ3n) is 4.22. The maximum absolute atomic E-state index is 12.0. The van der Waals surface area contributed by atoms with Crippen LogP contribution in [0.2, 0.25) is 0 Å². The Morgan fingerprint density at radius 3 is 2.46 bits per heavy atom. The highest BCUT2D eigenvalue weighted by atomic mass is 32.2. The van der Waals surface area contributed by atoms with Crippen LogP contribution in [-0.2, 0) is 20.3 Å². The van der Waals surface area contributed by atoms with Crippen LogP contribution in [0.25, 0.3) is 0 Å². The Morgan fingerprint density at radius 1 is 1.38 bits per heavy atom. The predicted octanol–water partition coefficient (Wildman–Crippen LogP) is -0.154. The number of aliphatic carboxylic acids is 1. The average molecular weight is 381 g/mol. The van der Waals surface area contributed by atoms with Crippen molar-refractivity contribution in [1.29, 1.82) is 0 Å². The molecule has 0 spiro atoms. The number of carboxylic acid groups (broad SMARTS) is 1. The summed E-state index contributed by atoms with van der Waals surface area (Å²) in [5.74, 6) is -2.49. The van der Waals surface area contributed by atoms with E-state index in [4.69, 9.17) is 0 Å². The Labute approximate surface area is 151 Å². The molecule has 0 radical (unpaired) electrons. The minimum absolute atomic E-state index is 0.150. The molecule has 3 atom stereocenters. The Balaban J connectivity index is 2.26. The molecule has 10 heteroatoms. The van der Waals surface area contributed by atoms with Gasteiger partial charge in [0.2, 0.25) is 5.91 Å². The first-order valence-corrected chi connectivity index (χ1v) is 8.94. The summed E-state index contributed by atoms with van der Waals surface area (Å²) < 4.78 is 21.6. The Hall–Kier alpha value is -2.75. The Kier molecular flexibility index (Phi) is 5.76. The van der Waals surface area contributed by atoms with Gasteiger partial charge in [-0.3, -0.25) is 9.59 Å². The first-order valence-electron chi connectivity index (χ1n) is 7.76. The number of hydrogen-bond donors (Lipinski definition) is 3. The molecule has 0 aromatic heterocycles. The highest BCUT2D eigenvalue weighted by Gasteiger charge is 2.52. The Morgan fingerprint density at radius 2 is 2.00 bits per heavy atom. The van der Waals surface area contributed by atoms with E-state index in [1.807, 2.05) is 0 Å². The number of hydrogen-bond acceptors (Lipinski definition) is 6. The van der Waals surface area contributed by atoms with Crippen molar-refractivity contribution in [2.24, 2.45) is 5.10 Å². The van der Waals surface area contributed by atoms with E-state index in [-0.39, 0.29) is 6.42 Å². The summed E-state index contributed by atoms with van der Waals surface area (Å²) in [4.78, 5) is 36.4. The summed E-state index contributed by atoms with van der Waals surface area (Å²) in [5.41, 5.74) is 2.47. The molecule has 0 saturated carbocycles. The minimum atomic E-state index is -3.32. The summed E-state index contributed by atoms with van der Waals surface area (Å²) in [6, 6.07) is 6.06. The van der Waals surface area contributed by atoms with Crippen molar-refractivity contribution in [3.8, 4) is 0 Å². The molecule has 1 aliphatic heterocycles. The lowest BCUT2D eigenvalue weighted by atomic mass is 9.92. The summed E-state index contributed by atoms with van der Waals surface area (Å²) >= 11 is 0.